The van der Waals surface area contributed by atoms with Crippen LogP contribution in [0, 0.1) is 12.8 Å². The summed E-state index contributed by atoms with van der Waals surface area (Å²) in [5.41, 5.74) is 1.96. The van der Waals surface area contributed by atoms with Crippen LogP contribution in [0.4, 0.5) is 0 Å². The smallest absolute Gasteiger partial charge is 0.0771 e. The summed E-state index contributed by atoms with van der Waals surface area (Å²) in [5, 5.41) is 17.0. The molecule has 1 aliphatic rings. The number of hydrogen-bond acceptors (Lipinski definition) is 4. The van der Waals surface area contributed by atoms with Gasteiger partial charge in [0.05, 0.1) is 11.4 Å². The monoisotopic (exact) mass is 193 g/mol. The van der Waals surface area contributed by atoms with Gasteiger partial charge in [0.25, 0.3) is 0 Å². The molecule has 0 bridgehead atoms. The fraction of sp³-hybridized carbons (Fsp3) is 0.600. The van der Waals surface area contributed by atoms with E-state index in [9.17, 15) is 0 Å². The molecule has 76 valence electrons. The van der Waals surface area contributed by atoms with E-state index < -0.39 is 0 Å². The van der Waals surface area contributed by atoms with Crippen molar-refractivity contribution in [3.05, 3.63) is 23.5 Å². The van der Waals surface area contributed by atoms with E-state index in [1.54, 1.807) is 0 Å². The van der Waals surface area contributed by atoms with Gasteiger partial charge in [0.1, 0.15) is 0 Å². The maximum atomic E-state index is 8.85. The van der Waals surface area contributed by atoms with Crippen molar-refractivity contribution in [1.29, 1.82) is 0 Å². The predicted octanol–water partition coefficient (Wildman–Crippen LogP) is 0.209. The first-order valence-corrected chi connectivity index (χ1v) is 4.90. The standard InChI is InChI=1S/C10H15N3O/c1-8-2-3-10(12-11-8)6-13-4-9(5-13)7-14/h2-3,9,14H,4-7H2,1H3. The van der Waals surface area contributed by atoms with Crippen LogP contribution in [0.3, 0.4) is 0 Å². The van der Waals surface area contributed by atoms with E-state index in [4.69, 9.17) is 5.11 Å². The van der Waals surface area contributed by atoms with E-state index in [1.165, 1.54) is 0 Å². The highest BCUT2D eigenvalue weighted by Gasteiger charge is 2.25. The maximum Gasteiger partial charge on any atom is 0.0771 e. The number of aromatic nitrogens is 2. The van der Waals surface area contributed by atoms with E-state index >= 15 is 0 Å². The van der Waals surface area contributed by atoms with E-state index in [2.05, 4.69) is 15.1 Å². The molecule has 4 heteroatoms. The lowest BCUT2D eigenvalue weighted by atomic mass is 10.0. The van der Waals surface area contributed by atoms with Crippen molar-refractivity contribution in [1.82, 2.24) is 15.1 Å². The van der Waals surface area contributed by atoms with Gasteiger partial charge in [0.2, 0.25) is 0 Å². The normalized spacial score (nSPS) is 18.1. The zero-order chi connectivity index (χ0) is 9.97. The second-order valence-corrected chi connectivity index (χ2v) is 3.91. The van der Waals surface area contributed by atoms with Crippen LogP contribution >= 0.6 is 0 Å². The third-order valence-electron chi connectivity index (χ3n) is 2.53. The minimum atomic E-state index is 0.302. The van der Waals surface area contributed by atoms with Crippen molar-refractivity contribution in [3.8, 4) is 0 Å². The summed E-state index contributed by atoms with van der Waals surface area (Å²) in [7, 11) is 0. The molecule has 1 aliphatic heterocycles. The molecule has 0 aromatic carbocycles. The third-order valence-corrected chi connectivity index (χ3v) is 2.53. The van der Waals surface area contributed by atoms with Crippen LogP contribution in [0.2, 0.25) is 0 Å². The Morgan fingerprint density at radius 3 is 2.79 bits per heavy atom. The minimum Gasteiger partial charge on any atom is -0.396 e. The largest absolute Gasteiger partial charge is 0.396 e. The summed E-state index contributed by atoms with van der Waals surface area (Å²) in [6, 6.07) is 3.99. The molecule has 0 saturated carbocycles. The summed E-state index contributed by atoms with van der Waals surface area (Å²) in [5.74, 6) is 0.466. The molecule has 2 rings (SSSR count). The average Bonchev–Trinajstić information content (AvgIpc) is 2.13. The van der Waals surface area contributed by atoms with Gasteiger partial charge in [-0.3, -0.25) is 4.90 Å². The number of likely N-dealkylation sites (tertiary alicyclic amines) is 1. The van der Waals surface area contributed by atoms with Crippen LogP contribution in [0.1, 0.15) is 11.4 Å². The zero-order valence-corrected chi connectivity index (χ0v) is 8.35. The number of nitrogens with zero attached hydrogens (tertiary/aromatic N) is 3. The average molecular weight is 193 g/mol. The molecule has 1 saturated heterocycles. The topological polar surface area (TPSA) is 49.2 Å². The lowest BCUT2D eigenvalue weighted by Gasteiger charge is -2.37. The first kappa shape index (κ1) is 9.55. The highest BCUT2D eigenvalue weighted by molar-refractivity contribution is 5.05. The van der Waals surface area contributed by atoms with E-state index in [1.807, 2.05) is 19.1 Å². The van der Waals surface area contributed by atoms with Crippen LogP contribution in [-0.2, 0) is 6.54 Å². The van der Waals surface area contributed by atoms with Gasteiger partial charge < -0.3 is 5.11 Å². The van der Waals surface area contributed by atoms with Crippen molar-refractivity contribution in [2.45, 2.75) is 13.5 Å². The van der Waals surface area contributed by atoms with Crippen molar-refractivity contribution in [3.63, 3.8) is 0 Å². The molecule has 1 fully saturated rings. The number of aryl methyl sites for hydroxylation is 1. The quantitative estimate of drug-likeness (QED) is 0.745. The molecular formula is C10H15N3O. The number of aliphatic hydroxyl groups excluding tert-OH is 1. The molecule has 4 nitrogen and oxygen atoms in total. The first-order valence-electron chi connectivity index (χ1n) is 4.90. The van der Waals surface area contributed by atoms with Gasteiger partial charge >= 0.3 is 0 Å². The Balaban J connectivity index is 1.84. The van der Waals surface area contributed by atoms with Crippen molar-refractivity contribution < 1.29 is 5.11 Å². The molecule has 0 aliphatic carbocycles. The lowest BCUT2D eigenvalue weighted by Crippen LogP contribution is -2.47. The molecular weight excluding hydrogens is 178 g/mol. The maximum absolute atomic E-state index is 8.85. The third kappa shape index (κ3) is 2.08. The van der Waals surface area contributed by atoms with Gasteiger partial charge in [-0.15, -0.1) is 0 Å². The second-order valence-electron chi connectivity index (χ2n) is 3.91. The van der Waals surface area contributed by atoms with Gasteiger partial charge in [-0.05, 0) is 19.1 Å². The Morgan fingerprint density at radius 2 is 2.21 bits per heavy atom. The van der Waals surface area contributed by atoms with Crippen LogP contribution < -0.4 is 0 Å². The summed E-state index contributed by atoms with van der Waals surface area (Å²) in [6.07, 6.45) is 0. The highest BCUT2D eigenvalue weighted by atomic mass is 16.3. The molecule has 0 radical (unpaired) electrons. The Labute approximate surface area is 83.6 Å². The SMILES string of the molecule is Cc1ccc(CN2CC(CO)C2)nn1. The van der Waals surface area contributed by atoms with Gasteiger partial charge in [-0.25, -0.2) is 0 Å². The number of aliphatic hydroxyl groups is 1. The van der Waals surface area contributed by atoms with Crippen molar-refractivity contribution in [2.24, 2.45) is 5.92 Å². The Hall–Kier alpha value is -1.00. The van der Waals surface area contributed by atoms with Crippen molar-refractivity contribution in [2.75, 3.05) is 19.7 Å². The molecule has 1 aromatic rings. The Morgan fingerprint density at radius 1 is 1.43 bits per heavy atom. The van der Waals surface area contributed by atoms with Gasteiger partial charge in [-0.1, -0.05) is 0 Å². The summed E-state index contributed by atoms with van der Waals surface area (Å²) in [6.45, 7) is 5.04. The lowest BCUT2D eigenvalue weighted by molar-refractivity contribution is 0.0468. The van der Waals surface area contributed by atoms with Gasteiger partial charge in [0.15, 0.2) is 0 Å². The van der Waals surface area contributed by atoms with Crippen LogP contribution in [0.25, 0.3) is 0 Å². The van der Waals surface area contributed by atoms with Crippen LogP contribution in [0.5, 0.6) is 0 Å². The molecule has 1 aromatic heterocycles. The van der Waals surface area contributed by atoms with E-state index in [-0.39, 0.29) is 0 Å². The van der Waals surface area contributed by atoms with E-state index in [0.29, 0.717) is 12.5 Å². The highest BCUT2D eigenvalue weighted by Crippen LogP contribution is 2.16. The fourth-order valence-electron chi connectivity index (χ4n) is 1.66. The van der Waals surface area contributed by atoms with Crippen molar-refractivity contribution >= 4 is 0 Å². The molecule has 14 heavy (non-hydrogen) atoms. The molecule has 0 spiro atoms. The summed E-state index contributed by atoms with van der Waals surface area (Å²) in [4.78, 5) is 2.26. The predicted molar refractivity (Wildman–Crippen MR) is 52.6 cm³/mol. The van der Waals surface area contributed by atoms with Gasteiger partial charge in [0, 0.05) is 32.2 Å². The summed E-state index contributed by atoms with van der Waals surface area (Å²) >= 11 is 0. The van der Waals surface area contributed by atoms with Gasteiger partial charge in [-0.2, -0.15) is 10.2 Å². The van der Waals surface area contributed by atoms with E-state index in [0.717, 1.165) is 31.0 Å². The molecule has 0 amide bonds. The Kier molecular flexibility index (Phi) is 2.74. The zero-order valence-electron chi connectivity index (χ0n) is 8.35. The minimum absolute atomic E-state index is 0.302. The number of rotatable bonds is 3. The molecule has 2 heterocycles. The molecule has 0 unspecified atom stereocenters. The fourth-order valence-corrected chi connectivity index (χ4v) is 1.66. The Bertz CT molecular complexity index is 293. The van der Waals surface area contributed by atoms with Crippen LogP contribution in [0.15, 0.2) is 12.1 Å². The summed E-state index contributed by atoms with van der Waals surface area (Å²) < 4.78 is 0. The second kappa shape index (κ2) is 4.02. The molecule has 0 atom stereocenters. The first-order chi connectivity index (χ1) is 6.78. The van der Waals surface area contributed by atoms with Crippen LogP contribution in [-0.4, -0.2) is 39.9 Å². The molecule has 1 N–H and O–H groups in total. The number of hydrogen-bond donors (Lipinski definition) is 1.